The minimum atomic E-state index is -0.671. The van der Waals surface area contributed by atoms with E-state index in [1.165, 1.54) is 42.1 Å². The summed E-state index contributed by atoms with van der Waals surface area (Å²) in [5, 5.41) is 2.89. The molecular weight excluding hydrogens is 399 g/mol. The van der Waals surface area contributed by atoms with E-state index in [9.17, 15) is 18.8 Å². The molecule has 0 unspecified atom stereocenters. The Morgan fingerprint density at radius 2 is 1.94 bits per heavy atom. The number of carbonyl (C=O) groups is 3. The molecule has 1 aromatic carbocycles. The number of benzene rings is 1. The normalized spacial score (nSPS) is 16.4. The van der Waals surface area contributed by atoms with E-state index in [4.69, 9.17) is 0 Å². The maximum absolute atomic E-state index is 14.0. The number of amides is 4. The molecule has 0 spiro atoms. The Morgan fingerprint density at radius 1 is 1.13 bits per heavy atom. The maximum atomic E-state index is 14.0. The topological polar surface area (TPSA) is 82.6 Å². The number of pyridine rings is 1. The molecule has 31 heavy (non-hydrogen) atoms. The molecule has 8 heteroatoms. The Kier molecular flexibility index (Phi) is 6.25. The van der Waals surface area contributed by atoms with Gasteiger partial charge in [-0.3, -0.25) is 19.4 Å². The van der Waals surface area contributed by atoms with Crippen molar-refractivity contribution in [1.82, 2.24) is 15.2 Å². The van der Waals surface area contributed by atoms with Crippen molar-refractivity contribution in [3.63, 3.8) is 0 Å². The fourth-order valence-corrected chi connectivity index (χ4v) is 3.69. The highest BCUT2D eigenvalue weighted by molar-refractivity contribution is 6.09. The number of carbonyl (C=O) groups excluding carboxylic acids is 3. The molecule has 0 bridgehead atoms. The van der Waals surface area contributed by atoms with E-state index in [1.807, 2.05) is 0 Å². The molecular formula is C23H25FN4O3. The van der Waals surface area contributed by atoms with Gasteiger partial charge in [0.05, 0.1) is 11.1 Å². The molecule has 4 rings (SSSR count). The molecule has 162 valence electrons. The van der Waals surface area contributed by atoms with Crippen LogP contribution in [-0.2, 0) is 0 Å². The molecule has 7 nitrogen and oxygen atoms in total. The first-order valence-corrected chi connectivity index (χ1v) is 10.7. The number of urea groups is 1. The zero-order valence-corrected chi connectivity index (χ0v) is 17.2. The van der Waals surface area contributed by atoms with Crippen molar-refractivity contribution >= 4 is 23.7 Å². The van der Waals surface area contributed by atoms with Crippen molar-refractivity contribution in [2.24, 2.45) is 5.92 Å². The first-order chi connectivity index (χ1) is 15.0. The third kappa shape index (κ3) is 4.90. The summed E-state index contributed by atoms with van der Waals surface area (Å²) in [4.78, 5) is 44.5. The van der Waals surface area contributed by atoms with Crippen LogP contribution < -0.4 is 10.2 Å². The number of anilines is 1. The minimum Gasteiger partial charge on any atom is -0.352 e. The van der Waals surface area contributed by atoms with Gasteiger partial charge in [-0.1, -0.05) is 25.0 Å². The van der Waals surface area contributed by atoms with Crippen LogP contribution in [0.2, 0.25) is 0 Å². The van der Waals surface area contributed by atoms with Gasteiger partial charge in [-0.2, -0.15) is 0 Å². The molecule has 0 radical (unpaired) electrons. The minimum absolute atomic E-state index is 0.139. The molecule has 1 saturated heterocycles. The fraction of sp³-hybridized carbons (Fsp3) is 0.391. The Bertz CT molecular complexity index is 975. The number of aromatic nitrogens is 1. The van der Waals surface area contributed by atoms with Crippen molar-refractivity contribution in [3.8, 4) is 0 Å². The summed E-state index contributed by atoms with van der Waals surface area (Å²) in [7, 11) is 0. The summed E-state index contributed by atoms with van der Waals surface area (Å²) in [5.41, 5.74) is 0.276. The second-order valence-electron chi connectivity index (χ2n) is 7.97. The van der Waals surface area contributed by atoms with Crippen LogP contribution >= 0.6 is 0 Å². The third-order valence-electron chi connectivity index (χ3n) is 5.63. The van der Waals surface area contributed by atoms with Crippen molar-refractivity contribution in [2.75, 3.05) is 24.5 Å². The van der Waals surface area contributed by atoms with Crippen molar-refractivity contribution in [3.05, 3.63) is 59.5 Å². The Hall–Kier alpha value is -3.29. The average Bonchev–Trinajstić information content (AvgIpc) is 3.61. The van der Waals surface area contributed by atoms with Crippen molar-refractivity contribution in [2.45, 2.75) is 32.1 Å². The largest absolute Gasteiger partial charge is 0.352 e. The van der Waals surface area contributed by atoms with Gasteiger partial charge in [-0.05, 0) is 49.4 Å². The first-order valence-electron chi connectivity index (χ1n) is 10.7. The number of nitrogens with zero attached hydrogens (tertiary/aromatic N) is 3. The zero-order valence-electron chi connectivity index (χ0n) is 17.2. The summed E-state index contributed by atoms with van der Waals surface area (Å²) in [6.45, 7) is 1.23. The Balaban J connectivity index is 1.39. The summed E-state index contributed by atoms with van der Waals surface area (Å²) in [6, 6.07) is 8.25. The lowest BCUT2D eigenvalue weighted by atomic mass is 10.1. The van der Waals surface area contributed by atoms with Crippen LogP contribution in [0, 0.1) is 11.7 Å². The predicted molar refractivity (Wildman–Crippen MR) is 113 cm³/mol. The number of halogens is 1. The van der Waals surface area contributed by atoms with Crippen molar-refractivity contribution < 1.29 is 18.8 Å². The molecule has 1 aromatic heterocycles. The van der Waals surface area contributed by atoms with Gasteiger partial charge < -0.3 is 5.32 Å². The summed E-state index contributed by atoms with van der Waals surface area (Å²) in [6.07, 6.45) is 6.69. The standard InChI is InChI=1S/C23H25FN4O3/c24-19-7-2-1-6-18(19)22(30)28-14-4-13-27(23(28)31)20-11-10-17(15-26-20)21(29)25-12-3-5-16-8-9-16/h1-2,6-7,10-11,15-16H,3-5,8-9,12-14H2,(H,25,29). The van der Waals surface area contributed by atoms with Crippen LogP contribution in [0.1, 0.15) is 52.8 Å². The second kappa shape index (κ2) is 9.24. The van der Waals surface area contributed by atoms with Gasteiger partial charge >= 0.3 is 6.03 Å². The number of imide groups is 1. The highest BCUT2D eigenvalue weighted by Gasteiger charge is 2.33. The van der Waals surface area contributed by atoms with Gasteiger partial charge in [-0.25, -0.2) is 14.2 Å². The van der Waals surface area contributed by atoms with Gasteiger partial charge in [0.1, 0.15) is 11.6 Å². The molecule has 1 N–H and O–H groups in total. The molecule has 2 aliphatic rings. The average molecular weight is 424 g/mol. The van der Waals surface area contributed by atoms with Crippen LogP contribution in [0.3, 0.4) is 0 Å². The highest BCUT2D eigenvalue weighted by Crippen LogP contribution is 2.33. The van der Waals surface area contributed by atoms with Crippen LogP contribution in [0.4, 0.5) is 15.0 Å². The summed E-state index contributed by atoms with van der Waals surface area (Å²) >= 11 is 0. The van der Waals surface area contributed by atoms with Gasteiger partial charge in [0.15, 0.2) is 0 Å². The number of hydrogen-bond donors (Lipinski definition) is 1. The molecule has 2 aromatic rings. The Labute approximate surface area is 180 Å². The third-order valence-corrected chi connectivity index (χ3v) is 5.63. The van der Waals surface area contributed by atoms with E-state index in [0.29, 0.717) is 30.9 Å². The van der Waals surface area contributed by atoms with Gasteiger partial charge in [0.2, 0.25) is 0 Å². The van der Waals surface area contributed by atoms with E-state index in [2.05, 4.69) is 10.3 Å². The van der Waals surface area contributed by atoms with Crippen LogP contribution in [0.15, 0.2) is 42.6 Å². The lowest BCUT2D eigenvalue weighted by molar-refractivity contribution is 0.0788. The number of hydrogen-bond acceptors (Lipinski definition) is 4. The fourth-order valence-electron chi connectivity index (χ4n) is 3.69. The smallest absolute Gasteiger partial charge is 0.332 e. The van der Waals surface area contributed by atoms with Crippen molar-refractivity contribution in [1.29, 1.82) is 0 Å². The Morgan fingerprint density at radius 3 is 2.65 bits per heavy atom. The second-order valence-corrected chi connectivity index (χ2v) is 7.97. The number of nitrogens with one attached hydrogen (secondary N) is 1. The van der Waals surface area contributed by atoms with E-state index in [-0.39, 0.29) is 18.0 Å². The lowest BCUT2D eigenvalue weighted by Crippen LogP contribution is -2.52. The highest BCUT2D eigenvalue weighted by atomic mass is 19.1. The van der Waals surface area contributed by atoms with Crippen LogP contribution in [-0.4, -0.2) is 47.4 Å². The van der Waals surface area contributed by atoms with Gasteiger partial charge in [-0.15, -0.1) is 0 Å². The predicted octanol–water partition coefficient (Wildman–Crippen LogP) is 3.61. The first kappa shape index (κ1) is 21.0. The van der Waals surface area contributed by atoms with E-state index >= 15 is 0 Å². The van der Waals surface area contributed by atoms with Crippen LogP contribution in [0.5, 0.6) is 0 Å². The van der Waals surface area contributed by atoms with Crippen LogP contribution in [0.25, 0.3) is 0 Å². The lowest BCUT2D eigenvalue weighted by Gasteiger charge is -2.33. The van der Waals surface area contributed by atoms with E-state index in [0.717, 1.165) is 23.7 Å². The summed E-state index contributed by atoms with van der Waals surface area (Å²) < 4.78 is 14.0. The zero-order chi connectivity index (χ0) is 21.8. The maximum Gasteiger partial charge on any atom is 0.332 e. The van der Waals surface area contributed by atoms with Gasteiger partial charge in [0.25, 0.3) is 11.8 Å². The number of rotatable bonds is 7. The molecule has 2 fully saturated rings. The quantitative estimate of drug-likeness (QED) is 0.689. The molecule has 1 saturated carbocycles. The molecule has 1 aliphatic heterocycles. The van der Waals surface area contributed by atoms with Gasteiger partial charge in [0, 0.05) is 25.8 Å². The molecule has 1 aliphatic carbocycles. The molecule has 0 atom stereocenters. The summed E-state index contributed by atoms with van der Waals surface area (Å²) in [5.74, 6) is -0.347. The SMILES string of the molecule is O=C(NCCCC1CC1)c1ccc(N2CCCN(C(=O)c3ccccc3F)C2=O)nc1. The molecule has 4 amide bonds. The van der Waals surface area contributed by atoms with E-state index < -0.39 is 17.8 Å². The monoisotopic (exact) mass is 424 g/mol. The van der Waals surface area contributed by atoms with E-state index in [1.54, 1.807) is 18.2 Å². The molecule has 2 heterocycles.